The number of aromatic nitrogens is 1. The Hall–Kier alpha value is -2.28. The highest BCUT2D eigenvalue weighted by Crippen LogP contribution is 2.14. The Bertz CT molecular complexity index is 611. The number of nitrogens with zero attached hydrogens (tertiary/aromatic N) is 1. The third kappa shape index (κ3) is 4.09. The molecule has 0 fully saturated rings. The summed E-state index contributed by atoms with van der Waals surface area (Å²) < 4.78 is 4.82. The molecular weight excluding hydrogens is 290 g/mol. The first-order valence-corrected chi connectivity index (χ1v) is 7.46. The molecule has 21 heavy (non-hydrogen) atoms. The van der Waals surface area contributed by atoms with Crippen LogP contribution in [0.25, 0.3) is 0 Å². The summed E-state index contributed by atoms with van der Waals surface area (Å²) >= 11 is 1.52. The van der Waals surface area contributed by atoms with Crippen molar-refractivity contribution in [2.24, 2.45) is 0 Å². The summed E-state index contributed by atoms with van der Waals surface area (Å²) in [5.74, 6) is -0.673. The molecule has 0 saturated heterocycles. The highest BCUT2D eigenvalue weighted by atomic mass is 32.2. The molecule has 2 heterocycles. The van der Waals surface area contributed by atoms with E-state index in [4.69, 9.17) is 4.42 Å². The predicted octanol–water partition coefficient (Wildman–Crippen LogP) is 2.15. The minimum Gasteiger partial charge on any atom is -0.472 e. The third-order valence-corrected chi connectivity index (χ3v) is 3.40. The first-order chi connectivity index (χ1) is 10.1. The lowest BCUT2D eigenvalue weighted by molar-refractivity contribution is -0.117. The molecule has 6 nitrogen and oxygen atoms in total. The molecular formula is C14H15N3O3S. The summed E-state index contributed by atoms with van der Waals surface area (Å²) in [5.41, 5.74) is 0.961. The van der Waals surface area contributed by atoms with E-state index in [1.54, 1.807) is 19.2 Å². The fourth-order valence-corrected chi connectivity index (χ4v) is 1.93. The average molecular weight is 305 g/mol. The number of amides is 2. The van der Waals surface area contributed by atoms with E-state index in [0.29, 0.717) is 11.3 Å². The fraction of sp³-hybridized carbons (Fsp3) is 0.214. The number of furan rings is 1. The van der Waals surface area contributed by atoms with Gasteiger partial charge in [0, 0.05) is 0 Å². The van der Waals surface area contributed by atoms with Gasteiger partial charge in [-0.15, -0.1) is 11.8 Å². The third-order valence-electron chi connectivity index (χ3n) is 2.74. The Kier molecular flexibility index (Phi) is 4.99. The van der Waals surface area contributed by atoms with Gasteiger partial charge in [-0.3, -0.25) is 9.59 Å². The Morgan fingerprint density at radius 3 is 2.71 bits per heavy atom. The molecule has 0 spiro atoms. The zero-order valence-corrected chi connectivity index (χ0v) is 12.4. The average Bonchev–Trinajstić information content (AvgIpc) is 3.02. The van der Waals surface area contributed by atoms with Gasteiger partial charge >= 0.3 is 0 Å². The molecule has 110 valence electrons. The number of carbonyl (C=O) groups excluding carboxylic acids is 2. The summed E-state index contributed by atoms with van der Waals surface area (Å²) in [6.45, 7) is 1.61. The van der Waals surface area contributed by atoms with Gasteiger partial charge in [-0.1, -0.05) is 0 Å². The van der Waals surface area contributed by atoms with Gasteiger partial charge in [0.05, 0.1) is 28.7 Å². The van der Waals surface area contributed by atoms with E-state index in [-0.39, 0.29) is 11.8 Å². The Morgan fingerprint density at radius 1 is 1.33 bits per heavy atom. The molecule has 2 aromatic rings. The van der Waals surface area contributed by atoms with E-state index in [2.05, 4.69) is 15.6 Å². The second kappa shape index (κ2) is 6.94. The summed E-state index contributed by atoms with van der Waals surface area (Å²) in [6.07, 6.45) is 6.23. The van der Waals surface area contributed by atoms with E-state index in [9.17, 15) is 9.59 Å². The normalized spacial score (nSPS) is 11.7. The second-order valence-electron chi connectivity index (χ2n) is 4.29. The quantitative estimate of drug-likeness (QED) is 0.827. The number of rotatable bonds is 5. The number of pyridine rings is 1. The second-order valence-corrected chi connectivity index (χ2v) is 5.11. The van der Waals surface area contributed by atoms with Crippen molar-refractivity contribution in [1.29, 1.82) is 0 Å². The van der Waals surface area contributed by atoms with Crippen LogP contribution in [-0.2, 0) is 4.79 Å². The van der Waals surface area contributed by atoms with Crippen LogP contribution in [0, 0.1) is 0 Å². The number of nitrogens with one attached hydrogen (secondary N) is 2. The first kappa shape index (κ1) is 15.1. The summed E-state index contributed by atoms with van der Waals surface area (Å²) in [6, 6.07) is 4.44. The van der Waals surface area contributed by atoms with Gasteiger partial charge in [-0.05, 0) is 31.4 Å². The van der Waals surface area contributed by atoms with E-state index < -0.39 is 6.04 Å². The number of thioether (sulfide) groups is 1. The van der Waals surface area contributed by atoms with Crippen molar-refractivity contribution in [1.82, 2.24) is 10.3 Å². The highest BCUT2D eigenvalue weighted by Gasteiger charge is 2.17. The van der Waals surface area contributed by atoms with Crippen molar-refractivity contribution in [2.75, 3.05) is 11.6 Å². The van der Waals surface area contributed by atoms with E-state index in [0.717, 1.165) is 5.03 Å². The van der Waals surface area contributed by atoms with Crippen LogP contribution < -0.4 is 10.6 Å². The maximum atomic E-state index is 12.0. The maximum absolute atomic E-state index is 12.0. The molecule has 0 aromatic carbocycles. The van der Waals surface area contributed by atoms with Crippen LogP contribution in [-0.4, -0.2) is 29.1 Å². The smallest absolute Gasteiger partial charge is 0.255 e. The molecule has 2 rings (SSSR count). The van der Waals surface area contributed by atoms with Gasteiger partial charge in [0.1, 0.15) is 12.3 Å². The zero-order valence-electron chi connectivity index (χ0n) is 11.6. The van der Waals surface area contributed by atoms with Crippen molar-refractivity contribution in [3.8, 4) is 0 Å². The van der Waals surface area contributed by atoms with Crippen LogP contribution in [0.1, 0.15) is 17.3 Å². The van der Waals surface area contributed by atoms with Crippen LogP contribution in [0.4, 0.5) is 5.69 Å². The van der Waals surface area contributed by atoms with Gasteiger partial charge in [0.15, 0.2) is 0 Å². The SMILES string of the molecule is CSc1ccc(NC(=O)C(C)NC(=O)c2ccoc2)cn1. The lowest BCUT2D eigenvalue weighted by Crippen LogP contribution is -2.41. The molecule has 1 unspecified atom stereocenters. The summed E-state index contributed by atoms with van der Waals surface area (Å²) in [5, 5.41) is 6.15. The molecule has 0 aliphatic rings. The summed E-state index contributed by atoms with van der Waals surface area (Å²) in [4.78, 5) is 27.9. The van der Waals surface area contributed by atoms with Gasteiger partial charge in [-0.25, -0.2) is 4.98 Å². The number of hydrogen-bond acceptors (Lipinski definition) is 5. The molecule has 0 aliphatic heterocycles. The van der Waals surface area contributed by atoms with Crippen LogP contribution >= 0.6 is 11.8 Å². The molecule has 7 heteroatoms. The molecule has 0 radical (unpaired) electrons. The monoisotopic (exact) mass is 305 g/mol. The minimum absolute atomic E-state index is 0.314. The Balaban J connectivity index is 1.91. The maximum Gasteiger partial charge on any atom is 0.255 e. The molecule has 2 N–H and O–H groups in total. The van der Waals surface area contributed by atoms with E-state index in [1.165, 1.54) is 30.4 Å². The van der Waals surface area contributed by atoms with E-state index in [1.807, 2.05) is 12.3 Å². The van der Waals surface area contributed by atoms with Crippen LogP contribution in [0.5, 0.6) is 0 Å². The standard InChI is InChI=1S/C14H15N3O3S/c1-9(16-14(19)10-5-6-20-8-10)13(18)17-11-3-4-12(21-2)15-7-11/h3-9H,1-2H3,(H,16,19)(H,17,18). The predicted molar refractivity (Wildman–Crippen MR) is 80.3 cm³/mol. The molecule has 0 saturated carbocycles. The number of anilines is 1. The molecule has 1 atom stereocenters. The molecule has 0 aliphatic carbocycles. The first-order valence-electron chi connectivity index (χ1n) is 6.24. The van der Waals surface area contributed by atoms with Gasteiger partial charge in [0.25, 0.3) is 5.91 Å². The molecule has 2 amide bonds. The van der Waals surface area contributed by atoms with Crippen LogP contribution in [0.2, 0.25) is 0 Å². The van der Waals surface area contributed by atoms with Crippen molar-refractivity contribution in [3.05, 3.63) is 42.5 Å². The van der Waals surface area contributed by atoms with E-state index >= 15 is 0 Å². The molecule has 2 aromatic heterocycles. The molecule has 0 bridgehead atoms. The fourth-order valence-electron chi connectivity index (χ4n) is 1.56. The lowest BCUT2D eigenvalue weighted by atomic mass is 10.2. The number of carbonyl (C=O) groups is 2. The largest absolute Gasteiger partial charge is 0.472 e. The van der Waals surface area contributed by atoms with Crippen molar-refractivity contribution in [3.63, 3.8) is 0 Å². The highest BCUT2D eigenvalue weighted by molar-refractivity contribution is 7.98. The van der Waals surface area contributed by atoms with Crippen LogP contribution in [0.15, 0.2) is 46.4 Å². The van der Waals surface area contributed by atoms with Crippen molar-refractivity contribution < 1.29 is 14.0 Å². The topological polar surface area (TPSA) is 84.2 Å². The number of hydrogen-bond donors (Lipinski definition) is 2. The van der Waals surface area contributed by atoms with Crippen molar-refractivity contribution in [2.45, 2.75) is 18.0 Å². The summed E-state index contributed by atoms with van der Waals surface area (Å²) in [7, 11) is 0. The van der Waals surface area contributed by atoms with Gasteiger partial charge < -0.3 is 15.1 Å². The van der Waals surface area contributed by atoms with Crippen LogP contribution in [0.3, 0.4) is 0 Å². The minimum atomic E-state index is -0.673. The Labute approximate surface area is 126 Å². The van der Waals surface area contributed by atoms with Crippen molar-refractivity contribution >= 4 is 29.3 Å². The van der Waals surface area contributed by atoms with Gasteiger partial charge in [0.2, 0.25) is 5.91 Å². The lowest BCUT2D eigenvalue weighted by Gasteiger charge is -2.13. The zero-order chi connectivity index (χ0) is 15.2. The van der Waals surface area contributed by atoms with Gasteiger partial charge in [-0.2, -0.15) is 0 Å². The Morgan fingerprint density at radius 2 is 2.14 bits per heavy atom.